The third kappa shape index (κ3) is 1.33. The van der Waals surface area contributed by atoms with Gasteiger partial charge < -0.3 is 4.74 Å². The molecule has 3 rings (SSSR count). The Morgan fingerprint density at radius 1 is 0.933 bits per heavy atom. The number of hydrogen-bond acceptors (Lipinski definition) is 1. The Kier molecular flexibility index (Phi) is 1.82. The maximum absolute atomic E-state index is 5.57. The van der Waals surface area contributed by atoms with Gasteiger partial charge in [0.15, 0.2) is 0 Å². The fourth-order valence-electron chi connectivity index (χ4n) is 1.83. The van der Waals surface area contributed by atoms with Crippen molar-refractivity contribution in [2.75, 3.05) is 0 Å². The first-order valence-electron chi connectivity index (χ1n) is 4.97. The van der Waals surface area contributed by atoms with Gasteiger partial charge in [-0.25, -0.2) is 0 Å². The lowest BCUT2D eigenvalue weighted by Crippen LogP contribution is -2.00. The average Bonchev–Trinajstić information content (AvgIpc) is 2.54. The third-order valence-corrected chi connectivity index (χ3v) is 2.56. The van der Waals surface area contributed by atoms with Crippen molar-refractivity contribution in [1.82, 2.24) is 0 Å². The van der Waals surface area contributed by atoms with Crippen molar-refractivity contribution in [3.63, 3.8) is 0 Å². The Bertz CT molecular complexity index is 516. The third-order valence-electron chi connectivity index (χ3n) is 2.56. The van der Waals surface area contributed by atoms with Gasteiger partial charge in [0.05, 0.1) is 6.26 Å². The number of benzene rings is 1. The largest absolute Gasteiger partial charge is 0.464 e. The summed E-state index contributed by atoms with van der Waals surface area (Å²) in [4.78, 5) is 0. The van der Waals surface area contributed by atoms with Crippen molar-refractivity contribution >= 4 is 5.57 Å². The summed E-state index contributed by atoms with van der Waals surface area (Å²) in [6.07, 6.45) is 12.1. The van der Waals surface area contributed by atoms with Crippen LogP contribution in [0.1, 0.15) is 5.56 Å². The Balaban J connectivity index is 2.22. The van der Waals surface area contributed by atoms with E-state index in [-0.39, 0.29) is 0 Å². The highest BCUT2D eigenvalue weighted by Gasteiger charge is 2.15. The number of fused-ring (bicyclic) bond motifs is 3. The van der Waals surface area contributed by atoms with E-state index in [9.17, 15) is 0 Å². The summed E-state index contributed by atoms with van der Waals surface area (Å²) >= 11 is 0. The minimum absolute atomic E-state index is 0.927. The lowest BCUT2D eigenvalue weighted by Gasteiger charge is -2.17. The molecular weight excluding hydrogens is 184 g/mol. The molecule has 15 heavy (non-hydrogen) atoms. The predicted molar refractivity (Wildman–Crippen MR) is 61.4 cm³/mol. The zero-order valence-electron chi connectivity index (χ0n) is 8.18. The van der Waals surface area contributed by atoms with E-state index in [1.165, 1.54) is 5.57 Å². The molecule has 1 nitrogen and oxygen atoms in total. The van der Waals surface area contributed by atoms with Crippen LogP contribution in [0.5, 0.6) is 5.75 Å². The molecule has 1 aliphatic carbocycles. The van der Waals surface area contributed by atoms with Crippen molar-refractivity contribution in [2.45, 2.75) is 0 Å². The van der Waals surface area contributed by atoms with E-state index in [1.807, 2.05) is 30.4 Å². The van der Waals surface area contributed by atoms with Crippen molar-refractivity contribution in [1.29, 1.82) is 0 Å². The number of para-hydroxylation sites is 1. The molecule has 0 atom stereocenters. The number of rotatable bonds is 0. The Labute approximate surface area is 88.7 Å². The van der Waals surface area contributed by atoms with Gasteiger partial charge in [-0.2, -0.15) is 0 Å². The molecule has 0 saturated carbocycles. The van der Waals surface area contributed by atoms with Crippen molar-refractivity contribution < 1.29 is 4.74 Å². The molecule has 0 amide bonds. The summed E-state index contributed by atoms with van der Waals surface area (Å²) in [5, 5.41) is 0. The second kappa shape index (κ2) is 3.28. The van der Waals surface area contributed by atoms with Crippen LogP contribution in [0.4, 0.5) is 0 Å². The molecule has 0 saturated heterocycles. The highest BCUT2D eigenvalue weighted by molar-refractivity contribution is 5.87. The monoisotopic (exact) mass is 194 g/mol. The van der Waals surface area contributed by atoms with E-state index >= 15 is 0 Å². The SMILES string of the molecule is C1=CC=C2C(=COc3ccccc32)C=C1. The molecule has 1 heteroatoms. The normalized spacial score (nSPS) is 16.8. The van der Waals surface area contributed by atoms with Crippen LogP contribution in [0, 0.1) is 0 Å². The van der Waals surface area contributed by atoms with E-state index in [1.54, 1.807) is 6.26 Å². The second-order valence-corrected chi connectivity index (χ2v) is 3.51. The van der Waals surface area contributed by atoms with Gasteiger partial charge in [-0.3, -0.25) is 0 Å². The van der Waals surface area contributed by atoms with Crippen molar-refractivity contribution in [3.05, 3.63) is 72.0 Å². The fourth-order valence-corrected chi connectivity index (χ4v) is 1.83. The first-order chi connectivity index (χ1) is 7.45. The Morgan fingerprint density at radius 3 is 2.87 bits per heavy atom. The highest BCUT2D eigenvalue weighted by Crippen LogP contribution is 2.36. The minimum atomic E-state index is 0.927. The van der Waals surface area contributed by atoms with Crippen LogP contribution in [0.15, 0.2) is 66.5 Å². The average molecular weight is 194 g/mol. The van der Waals surface area contributed by atoms with Gasteiger partial charge in [-0.1, -0.05) is 48.6 Å². The van der Waals surface area contributed by atoms with Gasteiger partial charge in [0.25, 0.3) is 0 Å². The van der Waals surface area contributed by atoms with E-state index in [0.29, 0.717) is 0 Å². The fraction of sp³-hybridized carbons (Fsp3) is 0. The second-order valence-electron chi connectivity index (χ2n) is 3.51. The Morgan fingerprint density at radius 2 is 1.87 bits per heavy atom. The van der Waals surface area contributed by atoms with E-state index < -0.39 is 0 Å². The van der Waals surface area contributed by atoms with Gasteiger partial charge in [-0.05, 0) is 11.6 Å². The molecule has 0 unspecified atom stereocenters. The van der Waals surface area contributed by atoms with Crippen molar-refractivity contribution in [3.8, 4) is 5.75 Å². The van der Waals surface area contributed by atoms with Crippen LogP contribution >= 0.6 is 0 Å². The van der Waals surface area contributed by atoms with Crippen LogP contribution in [0.25, 0.3) is 5.57 Å². The molecule has 0 aromatic heterocycles. The zero-order chi connectivity index (χ0) is 10.1. The maximum Gasteiger partial charge on any atom is 0.134 e. The van der Waals surface area contributed by atoms with Crippen molar-refractivity contribution in [2.24, 2.45) is 0 Å². The van der Waals surface area contributed by atoms with Crippen LogP contribution in [0.3, 0.4) is 0 Å². The summed E-state index contributed by atoms with van der Waals surface area (Å²) in [6, 6.07) is 8.09. The lowest BCUT2D eigenvalue weighted by molar-refractivity contribution is 0.472. The molecule has 72 valence electrons. The van der Waals surface area contributed by atoms with Crippen LogP contribution in [-0.2, 0) is 0 Å². The van der Waals surface area contributed by atoms with Gasteiger partial charge in [0.2, 0.25) is 0 Å². The molecule has 1 aliphatic heterocycles. The van der Waals surface area contributed by atoms with Gasteiger partial charge >= 0.3 is 0 Å². The Hall–Kier alpha value is -2.02. The van der Waals surface area contributed by atoms with Crippen LogP contribution < -0.4 is 4.74 Å². The first kappa shape index (κ1) is 8.30. The summed E-state index contributed by atoms with van der Waals surface area (Å²) in [7, 11) is 0. The van der Waals surface area contributed by atoms with Crippen LogP contribution in [0.2, 0.25) is 0 Å². The molecule has 2 aliphatic rings. The van der Waals surface area contributed by atoms with Gasteiger partial charge in [-0.15, -0.1) is 0 Å². The zero-order valence-corrected chi connectivity index (χ0v) is 8.18. The molecule has 0 N–H and O–H groups in total. The first-order valence-corrected chi connectivity index (χ1v) is 4.97. The minimum Gasteiger partial charge on any atom is -0.464 e. The molecular formula is C14H10O. The molecule has 1 aromatic rings. The smallest absolute Gasteiger partial charge is 0.134 e. The summed E-state index contributed by atoms with van der Waals surface area (Å²) < 4.78 is 5.57. The summed E-state index contributed by atoms with van der Waals surface area (Å²) in [5.74, 6) is 0.927. The molecule has 1 heterocycles. The van der Waals surface area contributed by atoms with Gasteiger partial charge in [0, 0.05) is 11.1 Å². The number of ether oxygens (including phenoxy) is 1. The van der Waals surface area contributed by atoms with Crippen LogP contribution in [-0.4, -0.2) is 0 Å². The number of allylic oxidation sites excluding steroid dienone is 7. The van der Waals surface area contributed by atoms with E-state index in [0.717, 1.165) is 16.9 Å². The van der Waals surface area contributed by atoms with Gasteiger partial charge in [0.1, 0.15) is 5.75 Å². The lowest BCUT2D eigenvalue weighted by atomic mass is 9.96. The summed E-state index contributed by atoms with van der Waals surface area (Å²) in [5.41, 5.74) is 3.51. The van der Waals surface area contributed by atoms with E-state index in [4.69, 9.17) is 4.74 Å². The standard InChI is InChI=1S/C14H10O/c1-2-6-11-10-15-14-9-5-4-8-13(14)12(11)7-3-1/h1-10H. The van der Waals surface area contributed by atoms with E-state index in [2.05, 4.69) is 24.3 Å². The molecule has 1 aromatic carbocycles. The maximum atomic E-state index is 5.57. The number of hydrogen-bond donors (Lipinski definition) is 0. The highest BCUT2D eigenvalue weighted by atomic mass is 16.5. The molecule has 0 bridgehead atoms. The molecule has 0 radical (unpaired) electrons. The molecule has 0 spiro atoms. The quantitative estimate of drug-likeness (QED) is 0.614. The summed E-state index contributed by atoms with van der Waals surface area (Å²) in [6.45, 7) is 0. The predicted octanol–water partition coefficient (Wildman–Crippen LogP) is 3.47. The molecule has 0 fully saturated rings. The topological polar surface area (TPSA) is 9.23 Å².